The van der Waals surface area contributed by atoms with Gasteiger partial charge in [-0.3, -0.25) is 4.99 Å². The third-order valence-corrected chi connectivity index (χ3v) is 4.37. The van der Waals surface area contributed by atoms with E-state index in [0.29, 0.717) is 30.6 Å². The zero-order valence-electron chi connectivity index (χ0n) is 15.3. The molecule has 0 aliphatic heterocycles. The van der Waals surface area contributed by atoms with Gasteiger partial charge in [0.2, 0.25) is 0 Å². The Morgan fingerprint density at radius 1 is 1.32 bits per heavy atom. The fraction of sp³-hybridized carbons (Fsp3) is 0.412. The Hall–Kier alpha value is -2.48. The number of ether oxygens (including phenoxy) is 2. The van der Waals surface area contributed by atoms with Crippen molar-refractivity contribution in [1.82, 2.24) is 10.3 Å². The average Bonchev–Trinajstić information content (AvgIpc) is 3.08. The zero-order valence-corrected chi connectivity index (χ0v) is 16.1. The number of hydrogen-bond donors (Lipinski definition) is 2. The van der Waals surface area contributed by atoms with E-state index in [1.54, 1.807) is 25.5 Å². The van der Waals surface area contributed by atoms with Crippen molar-refractivity contribution >= 4 is 28.1 Å². The number of thiazole rings is 1. The monoisotopic (exact) mass is 363 g/mol. The van der Waals surface area contributed by atoms with Crippen molar-refractivity contribution in [2.45, 2.75) is 13.5 Å². The zero-order chi connectivity index (χ0) is 18.2. The van der Waals surface area contributed by atoms with Gasteiger partial charge in [-0.15, -0.1) is 11.3 Å². The normalized spacial score (nSPS) is 11.2. The summed E-state index contributed by atoms with van der Waals surface area (Å²) >= 11 is 1.62. The summed E-state index contributed by atoms with van der Waals surface area (Å²) in [5.41, 5.74) is 1.84. The van der Waals surface area contributed by atoms with E-state index in [0.717, 1.165) is 16.5 Å². The van der Waals surface area contributed by atoms with Gasteiger partial charge in [-0.25, -0.2) is 4.98 Å². The highest BCUT2D eigenvalue weighted by atomic mass is 32.1. The second-order valence-corrected chi connectivity index (χ2v) is 6.20. The Labute approximate surface area is 152 Å². The van der Waals surface area contributed by atoms with Crippen LogP contribution in [0.25, 0.3) is 0 Å². The summed E-state index contributed by atoms with van der Waals surface area (Å²) in [5.74, 6) is 2.06. The molecule has 0 saturated heterocycles. The highest BCUT2D eigenvalue weighted by molar-refractivity contribution is 7.13. The number of guanidine groups is 1. The Balaban J connectivity index is 2.00. The number of hydrogen-bond acceptors (Lipinski definition) is 6. The van der Waals surface area contributed by atoms with Crippen molar-refractivity contribution in [2.24, 2.45) is 4.99 Å². The van der Waals surface area contributed by atoms with Crippen LogP contribution in [0.1, 0.15) is 12.6 Å². The first-order valence-electron chi connectivity index (χ1n) is 7.97. The van der Waals surface area contributed by atoms with Crippen LogP contribution in [0, 0.1) is 0 Å². The van der Waals surface area contributed by atoms with E-state index in [1.807, 2.05) is 49.5 Å². The molecule has 7 nitrogen and oxygen atoms in total. The fourth-order valence-corrected chi connectivity index (χ4v) is 2.85. The summed E-state index contributed by atoms with van der Waals surface area (Å²) in [4.78, 5) is 10.8. The molecule has 136 valence electrons. The summed E-state index contributed by atoms with van der Waals surface area (Å²) in [6, 6.07) is 5.67. The first-order valence-corrected chi connectivity index (χ1v) is 8.85. The molecule has 1 aromatic heterocycles. The first kappa shape index (κ1) is 18.9. The molecule has 0 bridgehead atoms. The molecule has 1 aromatic carbocycles. The number of nitrogens with zero attached hydrogens (tertiary/aromatic N) is 3. The van der Waals surface area contributed by atoms with Crippen LogP contribution < -0.4 is 25.0 Å². The Kier molecular flexibility index (Phi) is 6.88. The average molecular weight is 363 g/mol. The second-order valence-electron chi connectivity index (χ2n) is 5.37. The lowest BCUT2D eigenvalue weighted by atomic mass is 10.2. The van der Waals surface area contributed by atoms with E-state index in [1.165, 1.54) is 0 Å². The number of aromatic nitrogens is 1. The van der Waals surface area contributed by atoms with Crippen LogP contribution in [-0.2, 0) is 6.54 Å². The SMILES string of the molecule is CCOc1cc(NC(=NC)NCc2csc(N(C)C)n2)ccc1OC. The maximum atomic E-state index is 5.60. The van der Waals surface area contributed by atoms with Crippen molar-refractivity contribution in [3.63, 3.8) is 0 Å². The van der Waals surface area contributed by atoms with Crippen molar-refractivity contribution in [3.8, 4) is 11.5 Å². The molecular weight excluding hydrogens is 338 g/mol. The topological polar surface area (TPSA) is 71.0 Å². The predicted molar refractivity (Wildman–Crippen MR) is 104 cm³/mol. The van der Waals surface area contributed by atoms with E-state index >= 15 is 0 Å². The molecule has 0 amide bonds. The minimum Gasteiger partial charge on any atom is -0.493 e. The summed E-state index contributed by atoms with van der Waals surface area (Å²) in [7, 11) is 7.32. The molecule has 0 unspecified atom stereocenters. The lowest BCUT2D eigenvalue weighted by Gasteiger charge is -2.14. The standard InChI is InChI=1S/C17H25N5O2S/c1-6-24-15-9-12(7-8-14(15)23-5)20-16(18-2)19-10-13-11-25-17(21-13)22(3)4/h7-9,11H,6,10H2,1-5H3,(H2,18,19,20). The Morgan fingerprint density at radius 3 is 2.72 bits per heavy atom. The van der Waals surface area contributed by atoms with Gasteiger partial charge in [-0.2, -0.15) is 0 Å². The molecule has 0 radical (unpaired) electrons. The van der Waals surface area contributed by atoms with Gasteiger partial charge in [0.25, 0.3) is 0 Å². The minimum absolute atomic E-state index is 0.574. The highest BCUT2D eigenvalue weighted by Gasteiger charge is 2.08. The highest BCUT2D eigenvalue weighted by Crippen LogP contribution is 2.30. The predicted octanol–water partition coefficient (Wildman–Crippen LogP) is 2.80. The smallest absolute Gasteiger partial charge is 0.195 e. The van der Waals surface area contributed by atoms with Crippen molar-refractivity contribution in [3.05, 3.63) is 29.3 Å². The maximum absolute atomic E-state index is 5.60. The van der Waals surface area contributed by atoms with Crippen LogP contribution >= 0.6 is 11.3 Å². The van der Waals surface area contributed by atoms with Crippen LogP contribution in [0.4, 0.5) is 10.8 Å². The molecule has 2 aromatic rings. The van der Waals surface area contributed by atoms with Gasteiger partial charge in [-0.05, 0) is 19.1 Å². The van der Waals surface area contributed by atoms with E-state index in [9.17, 15) is 0 Å². The minimum atomic E-state index is 0.574. The van der Waals surface area contributed by atoms with Gasteiger partial charge in [0.1, 0.15) is 0 Å². The van der Waals surface area contributed by atoms with Gasteiger partial charge in [-0.1, -0.05) is 0 Å². The molecule has 0 spiro atoms. The largest absolute Gasteiger partial charge is 0.493 e. The number of anilines is 2. The molecule has 0 saturated carbocycles. The fourth-order valence-electron chi connectivity index (χ4n) is 2.10. The second kappa shape index (κ2) is 9.12. The number of methoxy groups -OCH3 is 1. The summed E-state index contributed by atoms with van der Waals surface area (Å²) in [6.07, 6.45) is 0. The van der Waals surface area contributed by atoms with E-state index < -0.39 is 0 Å². The molecular formula is C17H25N5O2S. The third-order valence-electron chi connectivity index (χ3n) is 3.31. The molecule has 25 heavy (non-hydrogen) atoms. The molecule has 0 atom stereocenters. The lowest BCUT2D eigenvalue weighted by Crippen LogP contribution is -2.30. The lowest BCUT2D eigenvalue weighted by molar-refractivity contribution is 0.311. The van der Waals surface area contributed by atoms with E-state index in [-0.39, 0.29) is 0 Å². The molecule has 0 aliphatic rings. The number of rotatable bonds is 7. The summed E-state index contributed by atoms with van der Waals surface area (Å²) < 4.78 is 10.9. The van der Waals surface area contributed by atoms with Gasteiger partial charge >= 0.3 is 0 Å². The van der Waals surface area contributed by atoms with Gasteiger partial charge < -0.3 is 25.0 Å². The quantitative estimate of drug-likeness (QED) is 0.582. The first-order chi connectivity index (χ1) is 12.1. The maximum Gasteiger partial charge on any atom is 0.195 e. The van der Waals surface area contributed by atoms with Crippen molar-refractivity contribution in [2.75, 3.05) is 45.1 Å². The van der Waals surface area contributed by atoms with Crippen LogP contribution in [-0.4, -0.2) is 45.8 Å². The summed E-state index contributed by atoms with van der Waals surface area (Å²) in [5, 5.41) is 9.53. The van der Waals surface area contributed by atoms with E-state index in [4.69, 9.17) is 9.47 Å². The molecule has 0 fully saturated rings. The van der Waals surface area contributed by atoms with E-state index in [2.05, 4.69) is 20.6 Å². The Bertz CT molecular complexity index is 715. The molecule has 2 N–H and O–H groups in total. The van der Waals surface area contributed by atoms with Crippen LogP contribution in [0.15, 0.2) is 28.6 Å². The molecule has 2 rings (SSSR count). The van der Waals surface area contributed by atoms with Crippen LogP contribution in [0.5, 0.6) is 11.5 Å². The van der Waals surface area contributed by atoms with Crippen LogP contribution in [0.3, 0.4) is 0 Å². The van der Waals surface area contributed by atoms with Gasteiger partial charge in [0.05, 0.1) is 26.0 Å². The number of nitrogens with one attached hydrogen (secondary N) is 2. The van der Waals surface area contributed by atoms with Crippen molar-refractivity contribution < 1.29 is 9.47 Å². The number of benzene rings is 1. The van der Waals surface area contributed by atoms with Gasteiger partial charge in [0.15, 0.2) is 22.6 Å². The van der Waals surface area contributed by atoms with Crippen molar-refractivity contribution in [1.29, 1.82) is 0 Å². The molecule has 1 heterocycles. The van der Waals surface area contributed by atoms with Gasteiger partial charge in [0, 0.05) is 38.3 Å². The molecule has 0 aliphatic carbocycles. The number of aliphatic imine (C=N–C) groups is 1. The molecule has 8 heteroatoms. The van der Waals surface area contributed by atoms with Crippen LogP contribution in [0.2, 0.25) is 0 Å². The third kappa shape index (κ3) is 5.25. The Morgan fingerprint density at radius 2 is 2.12 bits per heavy atom. The summed E-state index contributed by atoms with van der Waals surface area (Å²) in [6.45, 7) is 3.11.